The van der Waals surface area contributed by atoms with Crippen LogP contribution in [-0.2, 0) is 7.05 Å². The summed E-state index contributed by atoms with van der Waals surface area (Å²) in [6.07, 6.45) is 5.43. The highest BCUT2D eigenvalue weighted by Crippen LogP contribution is 2.20. The fourth-order valence-electron chi connectivity index (χ4n) is 2.86. The maximum atomic E-state index is 12.5. The van der Waals surface area contributed by atoms with Crippen molar-refractivity contribution in [3.63, 3.8) is 0 Å². The van der Waals surface area contributed by atoms with Gasteiger partial charge in [0.1, 0.15) is 5.82 Å². The number of carbonyl (C=O) groups is 1. The van der Waals surface area contributed by atoms with Crippen molar-refractivity contribution >= 4 is 5.91 Å². The average molecular weight is 294 g/mol. The van der Waals surface area contributed by atoms with Crippen LogP contribution < -0.4 is 0 Å². The molecule has 0 bridgehead atoms. The number of rotatable bonds is 2. The second kappa shape index (κ2) is 6.02. The number of aryl methyl sites for hydroxylation is 1. The Balaban J connectivity index is 1.77. The standard InChI is InChI=1S/C17H18N4O/c1-20-10-8-19-16(20)14-4-6-15(7-5-14)17(22)21-9-2-3-13(11-18)12-21/h4-8,10,13H,2-3,9,12H2,1H3/t13-/m1/s1. The molecule has 1 aliphatic heterocycles. The monoisotopic (exact) mass is 294 g/mol. The van der Waals surface area contributed by atoms with Crippen molar-refractivity contribution in [2.45, 2.75) is 12.8 Å². The van der Waals surface area contributed by atoms with Crippen LogP contribution in [-0.4, -0.2) is 33.4 Å². The van der Waals surface area contributed by atoms with Gasteiger partial charge in [0.05, 0.1) is 12.0 Å². The maximum absolute atomic E-state index is 12.5. The van der Waals surface area contributed by atoms with Crippen LogP contribution in [0.1, 0.15) is 23.2 Å². The number of piperidine rings is 1. The molecular weight excluding hydrogens is 276 g/mol. The average Bonchev–Trinajstić information content (AvgIpc) is 3.00. The second-order valence-electron chi connectivity index (χ2n) is 5.66. The minimum absolute atomic E-state index is 0.00587. The molecule has 0 spiro atoms. The summed E-state index contributed by atoms with van der Waals surface area (Å²) in [6, 6.07) is 9.78. The molecule has 0 saturated carbocycles. The van der Waals surface area contributed by atoms with E-state index >= 15 is 0 Å². The van der Waals surface area contributed by atoms with E-state index in [2.05, 4.69) is 11.1 Å². The zero-order chi connectivity index (χ0) is 15.5. The molecule has 22 heavy (non-hydrogen) atoms. The van der Waals surface area contributed by atoms with Crippen LogP contribution in [0.5, 0.6) is 0 Å². The van der Waals surface area contributed by atoms with Gasteiger partial charge in [-0.2, -0.15) is 5.26 Å². The van der Waals surface area contributed by atoms with Gasteiger partial charge in [-0.05, 0) is 25.0 Å². The van der Waals surface area contributed by atoms with Crippen LogP contribution in [0.15, 0.2) is 36.7 Å². The third-order valence-corrected chi connectivity index (χ3v) is 4.10. The second-order valence-corrected chi connectivity index (χ2v) is 5.66. The first-order valence-corrected chi connectivity index (χ1v) is 7.45. The largest absolute Gasteiger partial charge is 0.337 e. The molecule has 5 nitrogen and oxygen atoms in total. The van der Waals surface area contributed by atoms with E-state index in [-0.39, 0.29) is 11.8 Å². The molecule has 2 aromatic rings. The zero-order valence-electron chi connectivity index (χ0n) is 12.6. The van der Waals surface area contributed by atoms with Crippen molar-refractivity contribution < 1.29 is 4.79 Å². The van der Waals surface area contributed by atoms with Crippen LogP contribution in [0.2, 0.25) is 0 Å². The van der Waals surface area contributed by atoms with E-state index in [1.807, 2.05) is 42.1 Å². The number of aromatic nitrogens is 2. The van der Waals surface area contributed by atoms with Crippen molar-refractivity contribution in [2.24, 2.45) is 13.0 Å². The number of nitrogens with zero attached hydrogens (tertiary/aromatic N) is 4. The Hall–Kier alpha value is -2.61. The lowest BCUT2D eigenvalue weighted by molar-refractivity contribution is 0.0699. The first kappa shape index (κ1) is 14.3. The van der Waals surface area contributed by atoms with Gasteiger partial charge in [-0.25, -0.2) is 4.98 Å². The number of hydrogen-bond acceptors (Lipinski definition) is 3. The third kappa shape index (κ3) is 2.73. The van der Waals surface area contributed by atoms with E-state index in [0.717, 1.165) is 30.8 Å². The van der Waals surface area contributed by atoms with Gasteiger partial charge in [0.15, 0.2) is 0 Å². The number of nitriles is 1. The molecule has 2 heterocycles. The molecule has 1 aliphatic rings. The van der Waals surface area contributed by atoms with Crippen molar-refractivity contribution in [2.75, 3.05) is 13.1 Å². The van der Waals surface area contributed by atoms with Crippen LogP contribution in [0, 0.1) is 17.2 Å². The summed E-state index contributed by atoms with van der Waals surface area (Å²) in [6.45, 7) is 1.27. The molecular formula is C17H18N4O. The molecule has 0 N–H and O–H groups in total. The predicted octanol–water partition coefficient (Wildman–Crippen LogP) is 2.46. The molecule has 112 valence electrons. The summed E-state index contributed by atoms with van der Waals surface area (Å²) >= 11 is 0. The van der Waals surface area contributed by atoms with Gasteiger partial charge in [0.25, 0.3) is 5.91 Å². The molecule has 1 aromatic heterocycles. The molecule has 5 heteroatoms. The highest BCUT2D eigenvalue weighted by Gasteiger charge is 2.24. The van der Waals surface area contributed by atoms with E-state index in [0.29, 0.717) is 12.1 Å². The summed E-state index contributed by atoms with van der Waals surface area (Å²) < 4.78 is 1.94. The number of amides is 1. The first-order valence-electron chi connectivity index (χ1n) is 7.45. The van der Waals surface area contributed by atoms with Gasteiger partial charge in [0, 0.05) is 43.7 Å². The highest BCUT2D eigenvalue weighted by molar-refractivity contribution is 5.94. The number of hydrogen-bond donors (Lipinski definition) is 0. The van der Waals surface area contributed by atoms with Crippen LogP contribution >= 0.6 is 0 Å². The Morgan fingerprint density at radius 2 is 2.14 bits per heavy atom. The van der Waals surface area contributed by atoms with E-state index in [9.17, 15) is 4.79 Å². The van der Waals surface area contributed by atoms with Gasteiger partial charge < -0.3 is 9.47 Å². The molecule has 0 unspecified atom stereocenters. The van der Waals surface area contributed by atoms with E-state index in [4.69, 9.17) is 5.26 Å². The first-order chi connectivity index (χ1) is 10.7. The topological polar surface area (TPSA) is 61.9 Å². The number of imidazole rings is 1. The number of likely N-dealkylation sites (tertiary alicyclic amines) is 1. The molecule has 1 aromatic carbocycles. The number of carbonyl (C=O) groups excluding carboxylic acids is 1. The lowest BCUT2D eigenvalue weighted by atomic mass is 9.99. The minimum atomic E-state index is -0.0375. The Morgan fingerprint density at radius 1 is 1.36 bits per heavy atom. The van der Waals surface area contributed by atoms with E-state index in [1.54, 1.807) is 11.1 Å². The zero-order valence-corrected chi connectivity index (χ0v) is 12.6. The van der Waals surface area contributed by atoms with Crippen molar-refractivity contribution in [3.05, 3.63) is 42.2 Å². The lowest BCUT2D eigenvalue weighted by Gasteiger charge is -2.29. The summed E-state index contributed by atoms with van der Waals surface area (Å²) in [7, 11) is 1.94. The highest BCUT2D eigenvalue weighted by atomic mass is 16.2. The Labute approximate surface area is 129 Å². The Bertz CT molecular complexity index is 711. The predicted molar refractivity (Wildman–Crippen MR) is 82.9 cm³/mol. The molecule has 0 aliphatic carbocycles. The van der Waals surface area contributed by atoms with Crippen LogP contribution in [0.3, 0.4) is 0 Å². The van der Waals surface area contributed by atoms with Crippen molar-refractivity contribution in [1.29, 1.82) is 5.26 Å². The fourth-order valence-corrected chi connectivity index (χ4v) is 2.86. The van der Waals surface area contributed by atoms with Gasteiger partial charge in [-0.1, -0.05) is 12.1 Å². The summed E-state index contributed by atoms with van der Waals surface area (Å²) in [5.74, 6) is 0.845. The molecule has 1 amide bonds. The maximum Gasteiger partial charge on any atom is 0.253 e. The summed E-state index contributed by atoms with van der Waals surface area (Å²) in [5, 5.41) is 9.03. The third-order valence-electron chi connectivity index (χ3n) is 4.10. The summed E-state index contributed by atoms with van der Waals surface area (Å²) in [5.41, 5.74) is 1.65. The minimum Gasteiger partial charge on any atom is -0.337 e. The van der Waals surface area contributed by atoms with E-state index in [1.165, 1.54) is 0 Å². The van der Waals surface area contributed by atoms with Gasteiger partial charge in [-0.15, -0.1) is 0 Å². The molecule has 3 rings (SSSR count). The van der Waals surface area contributed by atoms with Crippen molar-refractivity contribution in [3.8, 4) is 17.5 Å². The molecule has 0 radical (unpaired) electrons. The number of benzene rings is 1. The lowest BCUT2D eigenvalue weighted by Crippen LogP contribution is -2.39. The van der Waals surface area contributed by atoms with Crippen molar-refractivity contribution in [1.82, 2.24) is 14.5 Å². The quantitative estimate of drug-likeness (QED) is 0.854. The molecule has 1 fully saturated rings. The Morgan fingerprint density at radius 3 is 2.77 bits per heavy atom. The molecule has 1 atom stereocenters. The van der Waals surface area contributed by atoms with Gasteiger partial charge in [-0.3, -0.25) is 4.79 Å². The molecule has 1 saturated heterocycles. The Kier molecular flexibility index (Phi) is 3.92. The van der Waals surface area contributed by atoms with E-state index < -0.39 is 0 Å². The van der Waals surface area contributed by atoms with Crippen LogP contribution in [0.25, 0.3) is 11.4 Å². The van der Waals surface area contributed by atoms with Crippen LogP contribution in [0.4, 0.5) is 0 Å². The van der Waals surface area contributed by atoms with Gasteiger partial charge >= 0.3 is 0 Å². The summed E-state index contributed by atoms with van der Waals surface area (Å²) in [4.78, 5) is 18.6. The SMILES string of the molecule is Cn1ccnc1-c1ccc(C(=O)N2CCC[C@H](C#N)C2)cc1. The normalized spacial score (nSPS) is 18.0. The fraction of sp³-hybridized carbons (Fsp3) is 0.353. The smallest absolute Gasteiger partial charge is 0.253 e. The van der Waals surface area contributed by atoms with Gasteiger partial charge in [0.2, 0.25) is 0 Å².